The largest absolute Gasteiger partial charge is 0.453 e. The minimum atomic E-state index is -1.13. The molecular formula is C44H56N6O10. The van der Waals surface area contributed by atoms with E-state index in [9.17, 15) is 15.9 Å². The first kappa shape index (κ1) is 45.0. The van der Waals surface area contributed by atoms with Gasteiger partial charge in [0.2, 0.25) is 0 Å². The maximum absolute atomic E-state index is 13.8. The zero-order valence-corrected chi connectivity index (χ0v) is 34.9. The highest BCUT2D eigenvalue weighted by atomic mass is 16.8. The van der Waals surface area contributed by atoms with Crippen LogP contribution in [-0.4, -0.2) is 93.9 Å². The third-order valence-corrected chi connectivity index (χ3v) is 11.9. The van der Waals surface area contributed by atoms with Gasteiger partial charge in [-0.1, -0.05) is 117 Å². The number of nitrogens with zero attached hydrogens (tertiary/aromatic N) is 6. The first-order chi connectivity index (χ1) is 29.1. The monoisotopic (exact) mass is 828 g/mol. The lowest BCUT2D eigenvalue weighted by atomic mass is 9.82. The van der Waals surface area contributed by atoms with Gasteiger partial charge in [-0.15, -0.1) is 0 Å². The third kappa shape index (κ3) is 11.0. The smallest absolute Gasteiger partial charge is 0.338 e. The first-order valence-electron chi connectivity index (χ1n) is 20.5. The summed E-state index contributed by atoms with van der Waals surface area (Å²) in [6.07, 6.45) is -7.16. The normalized spacial score (nSPS) is 34.1. The molecule has 6 rings (SSSR count). The van der Waals surface area contributed by atoms with E-state index in [1.165, 1.54) is 7.11 Å². The van der Waals surface area contributed by atoms with Gasteiger partial charge >= 0.3 is 5.97 Å². The highest BCUT2D eigenvalue weighted by Crippen LogP contribution is 2.40. The van der Waals surface area contributed by atoms with Gasteiger partial charge < -0.3 is 42.6 Å². The van der Waals surface area contributed by atoms with E-state index in [4.69, 9.17) is 42.6 Å². The number of benzene rings is 3. The Labute approximate surface area is 350 Å². The van der Waals surface area contributed by atoms with E-state index in [-0.39, 0.29) is 24.5 Å². The van der Waals surface area contributed by atoms with Gasteiger partial charge in [0.15, 0.2) is 25.0 Å². The van der Waals surface area contributed by atoms with Crippen LogP contribution in [0.2, 0.25) is 0 Å². The van der Waals surface area contributed by atoms with Crippen LogP contribution in [0.5, 0.6) is 0 Å². The van der Waals surface area contributed by atoms with Gasteiger partial charge in [0, 0.05) is 22.9 Å². The molecule has 15 atom stereocenters. The van der Waals surface area contributed by atoms with E-state index in [1.54, 1.807) is 24.3 Å². The molecule has 16 heteroatoms. The fourth-order valence-electron chi connectivity index (χ4n) is 8.21. The van der Waals surface area contributed by atoms with Crippen LogP contribution in [0.25, 0.3) is 20.9 Å². The van der Waals surface area contributed by atoms with Crippen molar-refractivity contribution in [2.75, 3.05) is 20.3 Å². The molecule has 3 fully saturated rings. The van der Waals surface area contributed by atoms with Crippen molar-refractivity contribution >= 4 is 5.97 Å². The Morgan fingerprint density at radius 3 is 1.68 bits per heavy atom. The van der Waals surface area contributed by atoms with E-state index in [2.05, 4.69) is 20.1 Å². The quantitative estimate of drug-likeness (QED) is 0.0554. The molecule has 3 heterocycles. The van der Waals surface area contributed by atoms with Gasteiger partial charge in [-0.3, -0.25) is 0 Å². The van der Waals surface area contributed by atoms with Crippen LogP contribution < -0.4 is 0 Å². The van der Waals surface area contributed by atoms with Crippen LogP contribution >= 0.6 is 0 Å². The number of ether oxygens (including phenoxy) is 9. The molecule has 3 saturated heterocycles. The molecule has 0 radical (unpaired) electrons. The average molecular weight is 829 g/mol. The van der Waals surface area contributed by atoms with Gasteiger partial charge in [0.05, 0.1) is 68.5 Å². The topological polar surface area (TPSA) is 198 Å². The van der Waals surface area contributed by atoms with E-state index in [0.29, 0.717) is 25.4 Å². The van der Waals surface area contributed by atoms with E-state index < -0.39 is 79.3 Å². The molecule has 3 aromatic rings. The van der Waals surface area contributed by atoms with E-state index in [0.717, 1.165) is 11.1 Å². The second kappa shape index (κ2) is 21.8. The summed E-state index contributed by atoms with van der Waals surface area (Å²) < 4.78 is 57.3. The maximum atomic E-state index is 13.8. The lowest BCUT2D eigenvalue weighted by Gasteiger charge is -2.50. The molecule has 0 aromatic heterocycles. The fourth-order valence-corrected chi connectivity index (χ4v) is 8.21. The summed E-state index contributed by atoms with van der Waals surface area (Å²) in [6.45, 7) is 10.8. The van der Waals surface area contributed by atoms with Crippen LogP contribution in [0, 0.1) is 23.7 Å². The van der Waals surface area contributed by atoms with Crippen LogP contribution in [0.15, 0.2) is 101 Å². The van der Waals surface area contributed by atoms with Crippen molar-refractivity contribution < 1.29 is 47.4 Å². The van der Waals surface area contributed by atoms with Crippen molar-refractivity contribution in [3.63, 3.8) is 0 Å². The number of methoxy groups -OCH3 is 1. The summed E-state index contributed by atoms with van der Waals surface area (Å²) in [5.41, 5.74) is 21.5. The summed E-state index contributed by atoms with van der Waals surface area (Å²) in [7, 11) is 1.48. The second-order valence-electron chi connectivity index (χ2n) is 15.8. The molecule has 0 saturated carbocycles. The predicted molar refractivity (Wildman–Crippen MR) is 219 cm³/mol. The standard InChI is InChI=1S/C44H56N6O10/c1-26-27(2)36(47-49-45)43(56-34(26)24-53-22-31-16-10-7-11-17-31)59-38-29(4)40(58-41(51)33-20-14-9-15-21-33)44(55-30(38)5)60-39-28(3)37(48-50-46)42(52-6)57-35(39)25-54-23-32-18-12-8-13-19-32/h7-21,26-30,34-40,42-44H,22-25H2,1-6H3/t26-,27+,28-,29+,30?,34?,35?,36?,37?,38-,39-,40?,42-,43+,44+/m1/s1. The Bertz CT molecular complexity index is 1890. The van der Waals surface area contributed by atoms with Crippen LogP contribution in [0.3, 0.4) is 0 Å². The molecule has 322 valence electrons. The molecule has 3 aliphatic rings. The van der Waals surface area contributed by atoms with Crippen molar-refractivity contribution in [1.29, 1.82) is 0 Å². The van der Waals surface area contributed by atoms with Crippen molar-refractivity contribution in [3.8, 4) is 0 Å². The fraction of sp³-hybridized carbons (Fsp3) is 0.568. The molecule has 0 amide bonds. The number of carbonyl (C=O) groups is 1. The minimum absolute atomic E-state index is 0.0258. The van der Waals surface area contributed by atoms with Gasteiger partial charge in [-0.2, -0.15) is 0 Å². The van der Waals surface area contributed by atoms with Crippen molar-refractivity contribution in [2.45, 2.75) is 115 Å². The molecule has 0 bridgehead atoms. The van der Waals surface area contributed by atoms with Crippen molar-refractivity contribution in [2.24, 2.45) is 33.9 Å². The summed E-state index contributed by atoms with van der Waals surface area (Å²) >= 11 is 0. The number of carbonyl (C=O) groups excluding carboxylic acids is 1. The van der Waals surface area contributed by atoms with Crippen molar-refractivity contribution in [1.82, 2.24) is 0 Å². The van der Waals surface area contributed by atoms with Gasteiger partial charge in [0.1, 0.15) is 6.10 Å². The van der Waals surface area contributed by atoms with E-state index in [1.807, 2.05) is 101 Å². The van der Waals surface area contributed by atoms with Gasteiger partial charge in [-0.05, 0) is 59.0 Å². The molecule has 16 nitrogen and oxygen atoms in total. The maximum Gasteiger partial charge on any atom is 0.338 e. The van der Waals surface area contributed by atoms with Crippen LogP contribution in [0.4, 0.5) is 0 Å². The van der Waals surface area contributed by atoms with E-state index >= 15 is 0 Å². The average Bonchev–Trinajstić information content (AvgIpc) is 3.26. The van der Waals surface area contributed by atoms with Crippen LogP contribution in [-0.2, 0) is 55.8 Å². The van der Waals surface area contributed by atoms with Gasteiger partial charge in [-0.25, -0.2) is 4.79 Å². The molecule has 0 spiro atoms. The lowest BCUT2D eigenvalue weighted by molar-refractivity contribution is -0.348. The van der Waals surface area contributed by atoms with Crippen molar-refractivity contribution in [3.05, 3.63) is 129 Å². The second-order valence-corrected chi connectivity index (χ2v) is 15.8. The first-order valence-corrected chi connectivity index (χ1v) is 20.5. The number of rotatable bonds is 17. The Kier molecular flexibility index (Phi) is 16.3. The summed E-state index contributed by atoms with van der Waals surface area (Å²) in [5.74, 6) is -1.74. The molecule has 0 aliphatic carbocycles. The number of azide groups is 2. The zero-order chi connectivity index (χ0) is 42.6. The number of esters is 1. The summed E-state index contributed by atoms with van der Waals surface area (Å²) in [4.78, 5) is 20.0. The summed E-state index contributed by atoms with van der Waals surface area (Å²) in [5, 5.41) is 8.15. The SMILES string of the molecule is CO[C@@H]1OC(COCc2ccccc2)[C@H](O[C@@H]2OC(C)[C@H](O[C@@H]3OC(COCc4ccccc4)[C@H](C)[C@H](C)C3N=[N+]=[N-])[C@H](C)C2OC(=O)c2ccccc2)[C@H](C)C1N=[N+]=[N-]. The van der Waals surface area contributed by atoms with Crippen LogP contribution in [0.1, 0.15) is 56.1 Å². The molecule has 3 aromatic carbocycles. The highest BCUT2D eigenvalue weighted by Gasteiger charge is 2.52. The Morgan fingerprint density at radius 2 is 1.12 bits per heavy atom. The Balaban J connectivity index is 1.25. The zero-order valence-electron chi connectivity index (χ0n) is 34.9. The molecule has 60 heavy (non-hydrogen) atoms. The molecule has 0 N–H and O–H groups in total. The highest BCUT2D eigenvalue weighted by molar-refractivity contribution is 5.89. The minimum Gasteiger partial charge on any atom is -0.453 e. The Morgan fingerprint density at radius 1 is 0.600 bits per heavy atom. The Hall–Kier alpha value is -4.57. The number of hydrogen-bond acceptors (Lipinski definition) is 12. The number of hydrogen-bond donors (Lipinski definition) is 0. The van der Waals surface area contributed by atoms with Gasteiger partial charge in [0.25, 0.3) is 0 Å². The molecule has 3 aliphatic heterocycles. The summed E-state index contributed by atoms with van der Waals surface area (Å²) in [6, 6.07) is 26.8. The third-order valence-electron chi connectivity index (χ3n) is 11.9. The predicted octanol–water partition coefficient (Wildman–Crippen LogP) is 8.16. The molecule has 6 unspecified atom stereocenters. The lowest BCUT2D eigenvalue weighted by Crippen LogP contribution is -2.62. The molecular weight excluding hydrogens is 773 g/mol.